The van der Waals surface area contributed by atoms with Crippen LogP contribution in [-0.2, 0) is 0 Å². The molecule has 2 heterocycles. The zero-order valence-corrected chi connectivity index (χ0v) is 12.0. The molecule has 1 atom stereocenters. The number of hydrogen-bond donors (Lipinski definition) is 2. The fraction of sp³-hybridized carbons (Fsp3) is 0.467. The first kappa shape index (κ1) is 13.9. The Morgan fingerprint density at radius 2 is 2.14 bits per heavy atom. The van der Waals surface area contributed by atoms with Crippen molar-refractivity contribution in [1.82, 2.24) is 14.9 Å². The lowest BCUT2D eigenvalue weighted by atomic mass is 10.1. The van der Waals surface area contributed by atoms with Crippen molar-refractivity contribution in [3.8, 4) is 5.75 Å². The summed E-state index contributed by atoms with van der Waals surface area (Å²) in [7, 11) is 1.55. The van der Waals surface area contributed by atoms with E-state index in [1.165, 1.54) is 4.57 Å². The van der Waals surface area contributed by atoms with Crippen molar-refractivity contribution in [2.45, 2.75) is 25.3 Å². The largest absolute Gasteiger partial charge is 0.497 e. The van der Waals surface area contributed by atoms with E-state index in [4.69, 9.17) is 4.74 Å². The zero-order valence-electron chi connectivity index (χ0n) is 12.0. The van der Waals surface area contributed by atoms with E-state index in [-0.39, 0.29) is 17.3 Å². The highest BCUT2D eigenvalue weighted by Gasteiger charge is 2.19. The number of benzene rings is 1. The molecule has 0 spiro atoms. The predicted molar refractivity (Wildman–Crippen MR) is 81.1 cm³/mol. The van der Waals surface area contributed by atoms with Crippen molar-refractivity contribution < 1.29 is 4.74 Å². The van der Waals surface area contributed by atoms with Gasteiger partial charge in [-0.05, 0) is 31.5 Å². The summed E-state index contributed by atoms with van der Waals surface area (Å²) in [5, 5.41) is 3.80. The lowest BCUT2D eigenvalue weighted by Crippen LogP contribution is -2.41. The monoisotopic (exact) mass is 289 g/mol. The van der Waals surface area contributed by atoms with Crippen molar-refractivity contribution in [3.05, 3.63) is 39.0 Å². The molecule has 2 N–H and O–H groups in total. The summed E-state index contributed by atoms with van der Waals surface area (Å²) >= 11 is 0. The number of hydrogen-bond acceptors (Lipinski definition) is 4. The second-order valence-electron chi connectivity index (χ2n) is 5.37. The van der Waals surface area contributed by atoms with Gasteiger partial charge in [-0.15, -0.1) is 0 Å². The molecule has 1 aromatic heterocycles. The topological polar surface area (TPSA) is 76.1 Å². The number of methoxy groups -OCH3 is 1. The maximum Gasteiger partial charge on any atom is 0.329 e. The van der Waals surface area contributed by atoms with Crippen LogP contribution in [-0.4, -0.2) is 29.8 Å². The molecule has 1 saturated heterocycles. The quantitative estimate of drug-likeness (QED) is 0.865. The number of nitrogens with zero attached hydrogens (tertiary/aromatic N) is 1. The predicted octanol–water partition coefficient (Wildman–Crippen LogP) is 1.01. The molecule has 0 aliphatic carbocycles. The summed E-state index contributed by atoms with van der Waals surface area (Å²) < 4.78 is 6.48. The number of nitrogens with one attached hydrogen (secondary N) is 2. The van der Waals surface area contributed by atoms with E-state index < -0.39 is 0 Å². The van der Waals surface area contributed by atoms with E-state index >= 15 is 0 Å². The van der Waals surface area contributed by atoms with Gasteiger partial charge in [0, 0.05) is 12.6 Å². The summed E-state index contributed by atoms with van der Waals surface area (Å²) in [4.78, 5) is 27.7. The Morgan fingerprint density at radius 1 is 1.29 bits per heavy atom. The highest BCUT2D eigenvalue weighted by Crippen LogP contribution is 2.17. The molecule has 1 aliphatic heterocycles. The third kappa shape index (κ3) is 2.58. The molecule has 6 heteroatoms. The van der Waals surface area contributed by atoms with E-state index in [9.17, 15) is 9.59 Å². The van der Waals surface area contributed by atoms with Crippen molar-refractivity contribution >= 4 is 10.9 Å². The first-order chi connectivity index (χ1) is 10.2. The lowest BCUT2D eigenvalue weighted by Gasteiger charge is -2.17. The molecular formula is C15H19N3O3. The van der Waals surface area contributed by atoms with Gasteiger partial charge in [-0.2, -0.15) is 0 Å². The van der Waals surface area contributed by atoms with Gasteiger partial charge in [-0.25, -0.2) is 4.79 Å². The molecule has 0 bridgehead atoms. The van der Waals surface area contributed by atoms with Gasteiger partial charge < -0.3 is 15.0 Å². The van der Waals surface area contributed by atoms with Gasteiger partial charge in [-0.3, -0.25) is 9.36 Å². The highest BCUT2D eigenvalue weighted by atomic mass is 16.5. The molecule has 0 amide bonds. The Bertz CT molecular complexity index is 755. The number of aromatic nitrogens is 2. The van der Waals surface area contributed by atoms with Crippen LogP contribution in [0.3, 0.4) is 0 Å². The SMILES string of the molecule is COc1ccc2c(=O)n(C3CCCCNC3)c(=O)[nH]c2c1. The smallest absolute Gasteiger partial charge is 0.329 e. The van der Waals surface area contributed by atoms with Crippen LogP contribution in [0.1, 0.15) is 25.3 Å². The minimum Gasteiger partial charge on any atom is -0.497 e. The number of aromatic amines is 1. The van der Waals surface area contributed by atoms with Crippen molar-refractivity contribution in [2.75, 3.05) is 20.2 Å². The molecule has 2 aromatic rings. The average molecular weight is 289 g/mol. The van der Waals surface area contributed by atoms with Crippen LogP contribution in [0, 0.1) is 0 Å². The summed E-state index contributed by atoms with van der Waals surface area (Å²) in [5.41, 5.74) is -0.0678. The summed E-state index contributed by atoms with van der Waals surface area (Å²) in [6, 6.07) is 5.02. The number of ether oxygens (including phenoxy) is 1. The molecule has 112 valence electrons. The Morgan fingerprint density at radius 3 is 2.95 bits per heavy atom. The Labute approximate surface area is 121 Å². The zero-order chi connectivity index (χ0) is 14.8. The van der Waals surface area contributed by atoms with Gasteiger partial charge in [0.05, 0.1) is 24.1 Å². The van der Waals surface area contributed by atoms with Gasteiger partial charge in [0.25, 0.3) is 5.56 Å². The summed E-state index contributed by atoms with van der Waals surface area (Å²) in [6.45, 7) is 1.60. The maximum atomic E-state index is 12.6. The van der Waals surface area contributed by atoms with Gasteiger partial charge in [0.15, 0.2) is 0 Å². The molecule has 1 fully saturated rings. The standard InChI is InChI=1S/C15H19N3O3/c1-21-11-5-6-12-13(8-11)17-15(20)18(14(12)19)10-4-2-3-7-16-9-10/h5-6,8,10,16H,2-4,7,9H2,1H3,(H,17,20). The molecule has 0 saturated carbocycles. The Kier molecular flexibility index (Phi) is 3.79. The van der Waals surface area contributed by atoms with Gasteiger partial charge >= 0.3 is 5.69 Å². The molecule has 3 rings (SSSR count). The molecule has 1 unspecified atom stereocenters. The molecule has 0 radical (unpaired) electrons. The van der Waals surface area contributed by atoms with E-state index in [2.05, 4.69) is 10.3 Å². The minimum atomic E-state index is -0.352. The van der Waals surface area contributed by atoms with Crippen LogP contribution in [0.5, 0.6) is 5.75 Å². The van der Waals surface area contributed by atoms with E-state index in [1.54, 1.807) is 25.3 Å². The second kappa shape index (κ2) is 5.73. The normalized spacial score (nSPS) is 19.4. The van der Waals surface area contributed by atoms with E-state index in [0.717, 1.165) is 25.8 Å². The fourth-order valence-corrected chi connectivity index (χ4v) is 2.89. The lowest BCUT2D eigenvalue weighted by molar-refractivity contribution is 0.415. The van der Waals surface area contributed by atoms with E-state index in [1.807, 2.05) is 0 Å². The number of fused-ring (bicyclic) bond motifs is 1. The Hall–Kier alpha value is -2.08. The minimum absolute atomic E-state index is 0.0877. The average Bonchev–Trinajstić information content (AvgIpc) is 2.76. The Balaban J connectivity index is 2.15. The van der Waals surface area contributed by atoms with Crippen LogP contribution in [0.15, 0.2) is 27.8 Å². The summed E-state index contributed by atoms with van der Waals surface area (Å²) in [5.74, 6) is 0.617. The molecular weight excluding hydrogens is 270 g/mol. The second-order valence-corrected chi connectivity index (χ2v) is 5.37. The molecule has 1 aromatic carbocycles. The van der Waals surface area contributed by atoms with Crippen LogP contribution in [0.25, 0.3) is 10.9 Å². The number of H-pyrrole nitrogens is 1. The van der Waals surface area contributed by atoms with Gasteiger partial charge in [-0.1, -0.05) is 6.42 Å². The van der Waals surface area contributed by atoms with Crippen molar-refractivity contribution in [3.63, 3.8) is 0 Å². The highest BCUT2D eigenvalue weighted by molar-refractivity contribution is 5.78. The van der Waals surface area contributed by atoms with Gasteiger partial charge in [0.2, 0.25) is 0 Å². The van der Waals surface area contributed by atoms with E-state index in [0.29, 0.717) is 23.2 Å². The molecule has 1 aliphatic rings. The molecule has 21 heavy (non-hydrogen) atoms. The third-order valence-corrected chi connectivity index (χ3v) is 4.02. The van der Waals surface area contributed by atoms with Crippen LogP contribution in [0.2, 0.25) is 0 Å². The molecule has 6 nitrogen and oxygen atoms in total. The third-order valence-electron chi connectivity index (χ3n) is 4.02. The summed E-state index contributed by atoms with van der Waals surface area (Å²) in [6.07, 6.45) is 2.94. The van der Waals surface area contributed by atoms with Crippen LogP contribution >= 0.6 is 0 Å². The number of rotatable bonds is 2. The maximum absolute atomic E-state index is 12.6. The van der Waals surface area contributed by atoms with Gasteiger partial charge in [0.1, 0.15) is 5.75 Å². The first-order valence-electron chi connectivity index (χ1n) is 7.24. The van der Waals surface area contributed by atoms with Crippen LogP contribution < -0.4 is 21.3 Å². The van der Waals surface area contributed by atoms with Crippen LogP contribution in [0.4, 0.5) is 0 Å². The first-order valence-corrected chi connectivity index (χ1v) is 7.24. The van der Waals surface area contributed by atoms with Crippen molar-refractivity contribution in [1.29, 1.82) is 0 Å². The fourth-order valence-electron chi connectivity index (χ4n) is 2.89. The van der Waals surface area contributed by atoms with Crippen molar-refractivity contribution in [2.24, 2.45) is 0 Å².